The largest absolute Gasteiger partial charge is 0.489 e. The molecule has 4 heteroatoms. The Balaban J connectivity index is 1.47. The van der Waals surface area contributed by atoms with Gasteiger partial charge in [0.1, 0.15) is 12.4 Å². The van der Waals surface area contributed by atoms with E-state index in [0.717, 1.165) is 28.1 Å². The van der Waals surface area contributed by atoms with E-state index in [1.165, 1.54) is 5.01 Å². The molecule has 1 aliphatic heterocycles. The van der Waals surface area contributed by atoms with E-state index in [-0.39, 0.29) is 5.91 Å². The van der Waals surface area contributed by atoms with E-state index in [9.17, 15) is 4.79 Å². The smallest absolute Gasteiger partial charge is 0.280 e. The van der Waals surface area contributed by atoms with Crippen LogP contribution >= 0.6 is 0 Å². The molecule has 0 atom stereocenters. The van der Waals surface area contributed by atoms with Gasteiger partial charge in [-0.05, 0) is 55.3 Å². The molecular weight excluding hydrogens is 360 g/mol. The third kappa shape index (κ3) is 4.27. The maximum Gasteiger partial charge on any atom is 0.280 e. The Bertz CT molecular complexity index is 1070. The third-order valence-corrected chi connectivity index (χ3v) is 4.78. The van der Waals surface area contributed by atoms with Gasteiger partial charge in [-0.1, -0.05) is 60.2 Å². The summed E-state index contributed by atoms with van der Waals surface area (Å²) in [4.78, 5) is 12.9. The van der Waals surface area contributed by atoms with Gasteiger partial charge < -0.3 is 4.74 Å². The van der Waals surface area contributed by atoms with E-state index < -0.39 is 0 Å². The van der Waals surface area contributed by atoms with E-state index in [1.807, 2.05) is 98.8 Å². The van der Waals surface area contributed by atoms with Gasteiger partial charge >= 0.3 is 0 Å². The minimum atomic E-state index is -0.115. The van der Waals surface area contributed by atoms with Gasteiger partial charge in [0, 0.05) is 0 Å². The molecule has 4 nitrogen and oxygen atoms in total. The Labute approximate surface area is 170 Å². The normalized spacial score (nSPS) is 15.0. The Hall–Kier alpha value is -3.66. The summed E-state index contributed by atoms with van der Waals surface area (Å²) in [5.41, 5.74) is 5.28. The monoisotopic (exact) mass is 382 g/mol. The summed E-state index contributed by atoms with van der Waals surface area (Å²) in [6.45, 7) is 4.40. The molecule has 0 saturated heterocycles. The highest BCUT2D eigenvalue weighted by Crippen LogP contribution is 2.25. The quantitative estimate of drug-likeness (QED) is 0.556. The molecular formula is C25H22N2O2. The van der Waals surface area contributed by atoms with Crippen molar-refractivity contribution in [3.63, 3.8) is 0 Å². The van der Waals surface area contributed by atoms with Crippen LogP contribution in [0.25, 0.3) is 6.08 Å². The van der Waals surface area contributed by atoms with Crippen molar-refractivity contribution >= 4 is 23.4 Å². The van der Waals surface area contributed by atoms with Crippen molar-refractivity contribution in [2.45, 2.75) is 20.5 Å². The molecule has 1 heterocycles. The number of rotatable bonds is 5. The maximum absolute atomic E-state index is 12.9. The molecule has 1 aliphatic rings. The van der Waals surface area contributed by atoms with Crippen LogP contribution in [0, 0.1) is 6.92 Å². The Morgan fingerprint density at radius 1 is 0.897 bits per heavy atom. The molecule has 0 N–H and O–H groups in total. The Morgan fingerprint density at radius 3 is 2.28 bits per heavy atom. The summed E-state index contributed by atoms with van der Waals surface area (Å²) in [7, 11) is 0. The molecule has 3 aromatic carbocycles. The molecule has 1 amide bonds. The van der Waals surface area contributed by atoms with Gasteiger partial charge in [0.15, 0.2) is 0 Å². The molecule has 0 fully saturated rings. The number of carbonyl (C=O) groups excluding carboxylic acids is 1. The molecule has 0 bridgehead atoms. The zero-order valence-electron chi connectivity index (χ0n) is 16.5. The number of nitrogens with zero attached hydrogens (tertiary/aromatic N) is 2. The fourth-order valence-corrected chi connectivity index (χ4v) is 3.11. The number of anilines is 1. The number of hydrogen-bond acceptors (Lipinski definition) is 3. The van der Waals surface area contributed by atoms with Crippen LogP contribution in [-0.2, 0) is 11.4 Å². The highest BCUT2D eigenvalue weighted by Gasteiger charge is 2.28. The summed E-state index contributed by atoms with van der Waals surface area (Å²) in [5, 5.41) is 5.89. The van der Waals surface area contributed by atoms with Crippen molar-refractivity contribution < 1.29 is 9.53 Å². The highest BCUT2D eigenvalue weighted by atomic mass is 16.5. The van der Waals surface area contributed by atoms with Gasteiger partial charge in [-0.15, -0.1) is 0 Å². The van der Waals surface area contributed by atoms with E-state index in [0.29, 0.717) is 17.9 Å². The molecule has 4 rings (SSSR count). The van der Waals surface area contributed by atoms with Crippen LogP contribution in [0.3, 0.4) is 0 Å². The fraction of sp³-hybridized carbons (Fsp3) is 0.120. The molecule has 0 radical (unpaired) electrons. The van der Waals surface area contributed by atoms with Gasteiger partial charge in [0.2, 0.25) is 0 Å². The summed E-state index contributed by atoms with van der Waals surface area (Å²) >= 11 is 0. The first-order valence-electron chi connectivity index (χ1n) is 9.55. The number of ether oxygens (including phenoxy) is 1. The summed E-state index contributed by atoms with van der Waals surface area (Å²) in [6.07, 6.45) is 1.87. The van der Waals surface area contributed by atoms with Crippen molar-refractivity contribution in [1.82, 2.24) is 0 Å². The van der Waals surface area contributed by atoms with Crippen molar-refractivity contribution in [3.8, 4) is 5.75 Å². The lowest BCUT2D eigenvalue weighted by Gasteiger charge is -2.11. The first-order valence-corrected chi connectivity index (χ1v) is 9.55. The highest BCUT2D eigenvalue weighted by molar-refractivity contribution is 6.32. The van der Waals surface area contributed by atoms with Crippen LogP contribution in [0.1, 0.15) is 23.6 Å². The van der Waals surface area contributed by atoms with Gasteiger partial charge in [0.05, 0.1) is 17.0 Å². The van der Waals surface area contributed by atoms with Crippen LogP contribution in [0.4, 0.5) is 5.69 Å². The van der Waals surface area contributed by atoms with E-state index in [1.54, 1.807) is 0 Å². The van der Waals surface area contributed by atoms with Crippen molar-refractivity contribution in [2.75, 3.05) is 5.01 Å². The van der Waals surface area contributed by atoms with Gasteiger partial charge in [-0.3, -0.25) is 4.79 Å². The molecule has 0 spiro atoms. The van der Waals surface area contributed by atoms with E-state index in [4.69, 9.17) is 4.74 Å². The van der Waals surface area contributed by atoms with Crippen LogP contribution in [0.15, 0.2) is 89.5 Å². The second kappa shape index (κ2) is 8.15. The minimum absolute atomic E-state index is 0.115. The lowest BCUT2D eigenvalue weighted by molar-refractivity contribution is -0.114. The molecule has 0 unspecified atom stereocenters. The topological polar surface area (TPSA) is 41.9 Å². The molecule has 3 aromatic rings. The zero-order chi connectivity index (χ0) is 20.2. The van der Waals surface area contributed by atoms with Crippen LogP contribution in [-0.4, -0.2) is 11.6 Å². The van der Waals surface area contributed by atoms with Gasteiger partial charge in [-0.25, -0.2) is 0 Å². The number of carbonyl (C=O) groups is 1. The lowest BCUT2D eigenvalue weighted by Crippen LogP contribution is -2.21. The average molecular weight is 382 g/mol. The fourth-order valence-electron chi connectivity index (χ4n) is 3.11. The predicted octanol–water partition coefficient (Wildman–Crippen LogP) is 5.38. The van der Waals surface area contributed by atoms with Gasteiger partial charge in [0.25, 0.3) is 5.91 Å². The number of benzene rings is 3. The molecule has 144 valence electrons. The zero-order valence-corrected chi connectivity index (χ0v) is 16.5. The summed E-state index contributed by atoms with van der Waals surface area (Å²) in [5.74, 6) is 0.677. The molecule has 0 aliphatic carbocycles. The van der Waals surface area contributed by atoms with Crippen LogP contribution in [0.5, 0.6) is 5.75 Å². The molecule has 0 saturated carbocycles. The van der Waals surface area contributed by atoms with E-state index >= 15 is 0 Å². The third-order valence-electron chi connectivity index (χ3n) is 4.78. The first-order chi connectivity index (χ1) is 14.1. The number of aryl methyl sites for hydroxylation is 1. The number of hydrogen-bond donors (Lipinski definition) is 0. The second-order valence-corrected chi connectivity index (χ2v) is 7.04. The summed E-state index contributed by atoms with van der Waals surface area (Å²) in [6, 6.07) is 25.5. The van der Waals surface area contributed by atoms with Gasteiger partial charge in [-0.2, -0.15) is 10.1 Å². The van der Waals surface area contributed by atoms with Crippen LogP contribution in [0.2, 0.25) is 0 Å². The average Bonchev–Trinajstić information content (AvgIpc) is 3.03. The SMILES string of the molecule is CC1=NN(c2ccc(C)cc2)C(=O)/C1=C/c1ccc(OCc2ccccc2)cc1. The number of hydrazone groups is 1. The van der Waals surface area contributed by atoms with Crippen molar-refractivity contribution in [1.29, 1.82) is 0 Å². The molecule has 29 heavy (non-hydrogen) atoms. The van der Waals surface area contributed by atoms with Crippen molar-refractivity contribution in [2.24, 2.45) is 5.10 Å². The van der Waals surface area contributed by atoms with Crippen molar-refractivity contribution in [3.05, 3.63) is 101 Å². The lowest BCUT2D eigenvalue weighted by atomic mass is 10.1. The minimum Gasteiger partial charge on any atom is -0.489 e. The second-order valence-electron chi connectivity index (χ2n) is 7.04. The summed E-state index contributed by atoms with van der Waals surface area (Å²) < 4.78 is 5.82. The maximum atomic E-state index is 12.9. The predicted molar refractivity (Wildman–Crippen MR) is 117 cm³/mol. The molecule has 0 aromatic heterocycles. The van der Waals surface area contributed by atoms with E-state index in [2.05, 4.69) is 5.10 Å². The number of amides is 1. The first kappa shape index (κ1) is 18.7. The Kier molecular flexibility index (Phi) is 5.25. The Morgan fingerprint density at radius 2 is 1.59 bits per heavy atom. The van der Waals surface area contributed by atoms with Crippen LogP contribution < -0.4 is 9.75 Å². The standard InChI is InChI=1S/C25H22N2O2/c1-18-8-12-22(13-9-18)27-25(28)24(19(2)26-27)16-20-10-14-23(15-11-20)29-17-21-6-4-3-5-7-21/h3-16H,17H2,1-2H3/b24-16+.